The Kier molecular flexibility index (Phi) is 40.0. The van der Waals surface area contributed by atoms with Gasteiger partial charge in [-0.25, -0.2) is 4.79 Å². The first-order valence-corrected chi connectivity index (χ1v) is 24.8. The van der Waals surface area contributed by atoms with Crippen molar-refractivity contribution < 1.29 is 34.6 Å². The SMILES string of the molecule is CC(S)C(=O)OSCC(COCC(COSCCCS)(COSCCCS)COSCCCS)(COSCCCS)COSCCCS. The van der Waals surface area contributed by atoms with Gasteiger partial charge in [0.05, 0.1) is 74.4 Å². The lowest BCUT2D eigenvalue weighted by molar-refractivity contribution is -0.132. The summed E-state index contributed by atoms with van der Waals surface area (Å²) in [5.41, 5.74) is -1.22. The van der Waals surface area contributed by atoms with Crippen LogP contribution in [0.3, 0.4) is 0 Å². The second kappa shape index (κ2) is 37.4. The highest BCUT2D eigenvalue weighted by Gasteiger charge is 2.38. The Morgan fingerprint density at radius 1 is 0.521 bits per heavy atom. The van der Waals surface area contributed by atoms with Gasteiger partial charge < -0.3 is 29.8 Å². The van der Waals surface area contributed by atoms with E-state index < -0.39 is 22.0 Å². The van der Waals surface area contributed by atoms with Crippen LogP contribution in [0.15, 0.2) is 0 Å². The predicted molar refractivity (Wildman–Crippen MR) is 237 cm³/mol. The molecule has 0 heterocycles. The number of ether oxygens (including phenoxy) is 1. The Balaban J connectivity index is 6.00. The molecule has 20 heteroatoms. The molecule has 0 spiro atoms. The molecule has 0 aliphatic heterocycles. The van der Waals surface area contributed by atoms with E-state index in [2.05, 4.69) is 75.8 Å². The molecule has 0 aromatic heterocycles. The summed E-state index contributed by atoms with van der Waals surface area (Å²) in [6.07, 6.45) is 4.67. The van der Waals surface area contributed by atoms with Crippen LogP contribution in [0, 0.1) is 10.8 Å². The zero-order valence-corrected chi connectivity index (χ0v) is 38.0. The van der Waals surface area contributed by atoms with Crippen LogP contribution >= 0.6 is 148 Å². The van der Waals surface area contributed by atoms with E-state index in [1.165, 1.54) is 60.2 Å². The smallest absolute Gasteiger partial charge is 0.330 e. The highest BCUT2D eigenvalue weighted by Crippen LogP contribution is 2.32. The number of hydrogen-bond donors (Lipinski definition) is 6. The first-order valence-electron chi connectivity index (χ1n) is 15.7. The number of rotatable bonds is 38. The summed E-state index contributed by atoms with van der Waals surface area (Å²) in [6.45, 7) is 4.03. The third kappa shape index (κ3) is 29.7. The molecular formula is C28H56O8S12. The molecule has 1 atom stereocenters. The maximum Gasteiger partial charge on any atom is 0.330 e. The van der Waals surface area contributed by atoms with Crippen molar-refractivity contribution in [2.75, 3.05) is 110 Å². The quantitative estimate of drug-likeness (QED) is 0.0204. The van der Waals surface area contributed by atoms with E-state index >= 15 is 0 Å². The third-order valence-corrected chi connectivity index (χ3v) is 12.3. The van der Waals surface area contributed by atoms with Gasteiger partial charge in [-0.3, -0.25) is 0 Å². The van der Waals surface area contributed by atoms with Crippen LogP contribution in [0.5, 0.6) is 0 Å². The Bertz CT molecular complexity index is 671. The van der Waals surface area contributed by atoms with Crippen molar-refractivity contribution in [3.8, 4) is 0 Å². The molecule has 0 aliphatic carbocycles. The van der Waals surface area contributed by atoms with E-state index in [1.54, 1.807) is 6.92 Å². The zero-order chi connectivity index (χ0) is 35.6. The number of hydrogen-bond acceptors (Lipinski definition) is 20. The maximum absolute atomic E-state index is 12.2. The van der Waals surface area contributed by atoms with E-state index in [4.69, 9.17) is 29.8 Å². The molecule has 0 N–H and O–H groups in total. The summed E-state index contributed by atoms with van der Waals surface area (Å²) in [6, 6.07) is 0. The highest BCUT2D eigenvalue weighted by atomic mass is 32.2. The van der Waals surface area contributed by atoms with E-state index in [0.717, 1.165) is 102 Å². The fourth-order valence-corrected chi connectivity index (χ4v) is 9.38. The molecule has 0 fully saturated rings. The van der Waals surface area contributed by atoms with Crippen LogP contribution < -0.4 is 0 Å². The van der Waals surface area contributed by atoms with E-state index in [1.807, 2.05) is 0 Å². The summed E-state index contributed by atoms with van der Waals surface area (Å²) in [5, 5.41) is -0.535. The van der Waals surface area contributed by atoms with Crippen molar-refractivity contribution in [2.45, 2.75) is 44.3 Å². The summed E-state index contributed by atoms with van der Waals surface area (Å²) in [5.74, 6) is 8.09. The Hall–Kier alpha value is 3.43. The molecule has 0 aromatic rings. The zero-order valence-electron chi connectivity index (χ0n) is 27.7. The van der Waals surface area contributed by atoms with Gasteiger partial charge in [-0.15, -0.1) is 0 Å². The summed E-state index contributed by atoms with van der Waals surface area (Å²) in [4.78, 5) is 12.2. The molecule has 0 aliphatic rings. The lowest BCUT2D eigenvalue weighted by Crippen LogP contribution is -2.44. The standard InChI is InChI=1S/C28H56O8S12/c1-25(42)26(29)36-48-24-28(22-34-46-15-5-10-40,23-35-47-16-6-11-41)18-30-17-27(19-31-43-12-2-7-37,20-32-44-13-3-8-38)21-33-45-14-4-9-39/h25,37-42H,2-24H2,1H3. The third-order valence-electron chi connectivity index (χ3n) is 5.83. The maximum atomic E-state index is 12.2. The minimum Gasteiger partial charge on any atom is -0.391 e. The molecule has 0 saturated heterocycles. The first kappa shape index (κ1) is 51.4. The Morgan fingerprint density at radius 3 is 1.15 bits per heavy atom. The van der Waals surface area contributed by atoms with Crippen LogP contribution in [-0.4, -0.2) is 121 Å². The van der Waals surface area contributed by atoms with E-state index in [-0.39, 0.29) is 6.61 Å². The predicted octanol–water partition coefficient (Wildman–Crippen LogP) is 8.41. The fraction of sp³-hybridized carbons (Fsp3) is 0.964. The molecule has 288 valence electrons. The van der Waals surface area contributed by atoms with Crippen molar-refractivity contribution in [2.24, 2.45) is 10.8 Å². The molecular weight excluding hydrogens is 849 g/mol. The number of thiol groups is 6. The molecule has 0 saturated carbocycles. The second-order valence-electron chi connectivity index (χ2n) is 10.6. The van der Waals surface area contributed by atoms with Crippen molar-refractivity contribution in [3.05, 3.63) is 0 Å². The van der Waals surface area contributed by atoms with Crippen molar-refractivity contribution >= 4 is 154 Å². The first-order chi connectivity index (χ1) is 23.3. The van der Waals surface area contributed by atoms with Crippen molar-refractivity contribution in [3.63, 3.8) is 0 Å². The van der Waals surface area contributed by atoms with Gasteiger partial charge in [-0.2, -0.15) is 75.8 Å². The van der Waals surface area contributed by atoms with Gasteiger partial charge in [-0.1, -0.05) is 0 Å². The fourth-order valence-electron chi connectivity index (χ4n) is 3.01. The van der Waals surface area contributed by atoms with E-state index in [0.29, 0.717) is 45.4 Å². The van der Waals surface area contributed by atoms with Gasteiger partial charge in [-0.05, 0) is 128 Å². The highest BCUT2D eigenvalue weighted by molar-refractivity contribution is 7.96. The van der Waals surface area contributed by atoms with Gasteiger partial charge in [0.1, 0.15) is 0 Å². The summed E-state index contributed by atoms with van der Waals surface area (Å²) in [7, 11) is 0. The minimum absolute atomic E-state index is 0.280. The minimum atomic E-state index is -0.634. The van der Waals surface area contributed by atoms with Gasteiger partial charge in [0, 0.05) is 34.5 Å². The molecule has 0 rings (SSSR count). The molecule has 8 nitrogen and oxygen atoms in total. The molecule has 0 aromatic carbocycles. The number of carbonyl (C=O) groups excluding carboxylic acids is 1. The van der Waals surface area contributed by atoms with Crippen LogP contribution in [0.4, 0.5) is 0 Å². The lowest BCUT2D eigenvalue weighted by Gasteiger charge is -2.35. The Labute approximate surface area is 349 Å². The molecule has 48 heavy (non-hydrogen) atoms. The topological polar surface area (TPSA) is 81.7 Å². The van der Waals surface area contributed by atoms with Gasteiger partial charge in [0.15, 0.2) is 0 Å². The van der Waals surface area contributed by atoms with Crippen LogP contribution in [0.1, 0.15) is 39.0 Å². The Morgan fingerprint density at radius 2 is 0.833 bits per heavy atom. The summed E-state index contributed by atoms with van der Waals surface area (Å²) < 4.78 is 42.6. The largest absolute Gasteiger partial charge is 0.391 e. The second-order valence-corrected chi connectivity index (χ2v) is 18.7. The molecule has 1 unspecified atom stereocenters. The van der Waals surface area contributed by atoms with Gasteiger partial charge >= 0.3 is 5.97 Å². The molecule has 0 bridgehead atoms. The van der Waals surface area contributed by atoms with Crippen LogP contribution in [-0.2, 0) is 34.6 Å². The van der Waals surface area contributed by atoms with Gasteiger partial charge in [0.25, 0.3) is 0 Å². The normalized spacial score (nSPS) is 12.9. The number of carbonyl (C=O) groups is 1. The van der Waals surface area contributed by atoms with Crippen LogP contribution in [0.2, 0.25) is 0 Å². The molecule has 0 amide bonds. The monoisotopic (exact) mass is 904 g/mol. The summed E-state index contributed by atoms with van der Waals surface area (Å²) >= 11 is 33.9. The lowest BCUT2D eigenvalue weighted by atomic mass is 9.91. The van der Waals surface area contributed by atoms with Gasteiger partial charge in [0.2, 0.25) is 0 Å². The van der Waals surface area contributed by atoms with Crippen molar-refractivity contribution in [1.29, 1.82) is 0 Å². The van der Waals surface area contributed by atoms with Crippen molar-refractivity contribution in [1.82, 2.24) is 0 Å². The molecule has 0 radical (unpaired) electrons. The average Bonchev–Trinajstić information content (AvgIpc) is 3.07. The van der Waals surface area contributed by atoms with Crippen LogP contribution in [0.25, 0.3) is 0 Å². The van der Waals surface area contributed by atoms with E-state index in [9.17, 15) is 4.79 Å². The average molecular weight is 906 g/mol.